The van der Waals surface area contributed by atoms with Gasteiger partial charge in [0.05, 0.1) is 28.8 Å². The first-order valence-electron chi connectivity index (χ1n) is 10.1. The first-order valence-corrected chi connectivity index (χ1v) is 10.9. The number of esters is 1. The van der Waals surface area contributed by atoms with Crippen molar-refractivity contribution in [2.24, 2.45) is 5.10 Å². The SMILES string of the molecule is CCOC(=O)COc1c(Br)cc(C=NNC(=O)c2cc3cc([N+](=O)[O-])ccc3o2)cc1OCC. The van der Waals surface area contributed by atoms with Gasteiger partial charge < -0.3 is 18.6 Å². The third kappa shape index (κ3) is 6.10. The van der Waals surface area contributed by atoms with Gasteiger partial charge >= 0.3 is 11.9 Å². The summed E-state index contributed by atoms with van der Waals surface area (Å²) in [5.74, 6) is -0.495. The highest BCUT2D eigenvalue weighted by atomic mass is 79.9. The van der Waals surface area contributed by atoms with Crippen LogP contribution in [0.5, 0.6) is 11.5 Å². The summed E-state index contributed by atoms with van der Waals surface area (Å²) in [5, 5.41) is 15.2. The Morgan fingerprint density at radius 3 is 2.68 bits per heavy atom. The molecule has 1 amide bonds. The Kier molecular flexibility index (Phi) is 8.19. The normalized spacial score (nSPS) is 10.9. The van der Waals surface area contributed by atoms with Crippen LogP contribution >= 0.6 is 15.9 Å². The molecule has 3 aromatic rings. The minimum Gasteiger partial charge on any atom is -0.490 e. The van der Waals surface area contributed by atoms with Crippen molar-refractivity contribution >= 4 is 50.7 Å². The number of nitrogens with one attached hydrogen (secondary N) is 1. The largest absolute Gasteiger partial charge is 0.490 e. The lowest BCUT2D eigenvalue weighted by molar-refractivity contribution is -0.384. The van der Waals surface area contributed by atoms with Gasteiger partial charge in [-0.15, -0.1) is 0 Å². The van der Waals surface area contributed by atoms with Gasteiger partial charge in [-0.25, -0.2) is 10.2 Å². The van der Waals surface area contributed by atoms with E-state index in [-0.39, 0.29) is 24.7 Å². The Hall–Kier alpha value is -3.93. The van der Waals surface area contributed by atoms with Crippen LogP contribution in [0, 0.1) is 10.1 Å². The molecule has 1 N–H and O–H groups in total. The second-order valence-corrected chi connectivity index (χ2v) is 7.50. The minimum absolute atomic E-state index is 0.0495. The molecule has 0 aliphatic heterocycles. The van der Waals surface area contributed by atoms with Crippen molar-refractivity contribution in [1.29, 1.82) is 0 Å². The molecular formula is C22H20BrN3O8. The van der Waals surface area contributed by atoms with Crippen LogP contribution in [0.4, 0.5) is 5.69 Å². The highest BCUT2D eigenvalue weighted by Crippen LogP contribution is 2.36. The Labute approximate surface area is 201 Å². The number of ether oxygens (including phenoxy) is 3. The Morgan fingerprint density at radius 1 is 1.18 bits per heavy atom. The van der Waals surface area contributed by atoms with Gasteiger partial charge in [-0.3, -0.25) is 14.9 Å². The molecule has 178 valence electrons. The van der Waals surface area contributed by atoms with Gasteiger partial charge in [0, 0.05) is 17.5 Å². The summed E-state index contributed by atoms with van der Waals surface area (Å²) in [6.07, 6.45) is 1.38. The number of nitrogens with zero attached hydrogens (tertiary/aromatic N) is 2. The molecule has 34 heavy (non-hydrogen) atoms. The van der Waals surface area contributed by atoms with Crippen LogP contribution in [-0.4, -0.2) is 42.8 Å². The third-order valence-corrected chi connectivity index (χ3v) is 4.87. The number of halogens is 1. The molecule has 0 aliphatic rings. The van der Waals surface area contributed by atoms with Crippen LogP contribution in [-0.2, 0) is 9.53 Å². The number of non-ortho nitro benzene ring substituents is 1. The van der Waals surface area contributed by atoms with Crippen LogP contribution in [0.3, 0.4) is 0 Å². The lowest BCUT2D eigenvalue weighted by atomic mass is 10.2. The summed E-state index contributed by atoms with van der Waals surface area (Å²) in [6.45, 7) is 3.82. The number of fused-ring (bicyclic) bond motifs is 1. The fourth-order valence-corrected chi connectivity index (χ4v) is 3.45. The standard InChI is InChI=1S/C22H20BrN3O8/c1-3-31-18-8-13(7-16(23)21(18)33-12-20(27)32-4-2)11-24-25-22(28)19-10-14-9-15(26(29)30)5-6-17(14)34-19/h5-11H,3-4,12H2,1-2H3,(H,25,28). The summed E-state index contributed by atoms with van der Waals surface area (Å²) in [7, 11) is 0. The number of furan rings is 1. The first-order chi connectivity index (χ1) is 16.3. The predicted octanol–water partition coefficient (Wildman–Crippen LogP) is 4.21. The number of rotatable bonds is 10. The summed E-state index contributed by atoms with van der Waals surface area (Å²) in [6, 6.07) is 8.72. The van der Waals surface area contributed by atoms with E-state index in [9.17, 15) is 19.7 Å². The molecule has 1 heterocycles. The van der Waals surface area contributed by atoms with E-state index in [1.54, 1.807) is 26.0 Å². The van der Waals surface area contributed by atoms with Gasteiger partial charge in [0.25, 0.3) is 5.69 Å². The van der Waals surface area contributed by atoms with E-state index in [2.05, 4.69) is 26.5 Å². The maximum absolute atomic E-state index is 12.4. The van der Waals surface area contributed by atoms with Crippen molar-refractivity contribution in [3.63, 3.8) is 0 Å². The molecule has 0 atom stereocenters. The topological polar surface area (TPSA) is 143 Å². The van der Waals surface area contributed by atoms with Crippen LogP contribution in [0.1, 0.15) is 30.0 Å². The van der Waals surface area contributed by atoms with E-state index in [0.717, 1.165) is 0 Å². The Morgan fingerprint density at radius 2 is 1.97 bits per heavy atom. The van der Waals surface area contributed by atoms with Gasteiger partial charge in [0.1, 0.15) is 5.58 Å². The van der Waals surface area contributed by atoms with E-state index in [1.165, 1.54) is 30.5 Å². The lowest BCUT2D eigenvalue weighted by Crippen LogP contribution is -2.17. The molecule has 11 nitrogen and oxygen atoms in total. The number of hydrogen-bond donors (Lipinski definition) is 1. The predicted molar refractivity (Wildman–Crippen MR) is 125 cm³/mol. The highest BCUT2D eigenvalue weighted by molar-refractivity contribution is 9.10. The maximum atomic E-state index is 12.4. The van der Waals surface area contributed by atoms with E-state index in [0.29, 0.717) is 39.1 Å². The smallest absolute Gasteiger partial charge is 0.344 e. The molecule has 0 spiro atoms. The van der Waals surface area contributed by atoms with Crippen molar-refractivity contribution in [3.05, 3.63) is 62.3 Å². The van der Waals surface area contributed by atoms with E-state index >= 15 is 0 Å². The number of hydrogen-bond acceptors (Lipinski definition) is 9. The number of amides is 1. The molecule has 0 saturated heterocycles. The molecule has 0 fully saturated rings. The van der Waals surface area contributed by atoms with E-state index in [4.69, 9.17) is 18.6 Å². The summed E-state index contributed by atoms with van der Waals surface area (Å²) in [4.78, 5) is 34.3. The third-order valence-electron chi connectivity index (χ3n) is 4.29. The van der Waals surface area contributed by atoms with Crippen molar-refractivity contribution in [2.45, 2.75) is 13.8 Å². The van der Waals surface area contributed by atoms with Crippen molar-refractivity contribution in [1.82, 2.24) is 5.43 Å². The van der Waals surface area contributed by atoms with E-state index in [1.807, 2.05) is 0 Å². The number of benzene rings is 2. The zero-order chi connectivity index (χ0) is 24.7. The van der Waals surface area contributed by atoms with Crippen molar-refractivity contribution in [2.75, 3.05) is 19.8 Å². The zero-order valence-electron chi connectivity index (χ0n) is 18.2. The van der Waals surface area contributed by atoms with Gasteiger partial charge in [-0.05, 0) is 59.6 Å². The van der Waals surface area contributed by atoms with Gasteiger partial charge in [-0.1, -0.05) is 0 Å². The minimum atomic E-state index is -0.631. The molecule has 0 saturated carbocycles. The highest BCUT2D eigenvalue weighted by Gasteiger charge is 2.16. The lowest BCUT2D eigenvalue weighted by Gasteiger charge is -2.14. The number of hydrazone groups is 1. The number of nitro groups is 1. The van der Waals surface area contributed by atoms with Crippen LogP contribution in [0.2, 0.25) is 0 Å². The molecule has 0 bridgehead atoms. The summed E-state index contributed by atoms with van der Waals surface area (Å²) < 4.78 is 21.9. The van der Waals surface area contributed by atoms with Gasteiger partial charge in [-0.2, -0.15) is 5.10 Å². The molecule has 12 heteroatoms. The Bertz CT molecular complexity index is 1250. The van der Waals surface area contributed by atoms with Crippen molar-refractivity contribution in [3.8, 4) is 11.5 Å². The van der Waals surface area contributed by atoms with Crippen LogP contribution < -0.4 is 14.9 Å². The second-order valence-electron chi connectivity index (χ2n) is 6.65. The fourth-order valence-electron chi connectivity index (χ4n) is 2.88. The molecular weight excluding hydrogens is 514 g/mol. The summed E-state index contributed by atoms with van der Waals surface area (Å²) in [5.41, 5.74) is 3.14. The Balaban J connectivity index is 1.72. The van der Waals surface area contributed by atoms with Gasteiger partial charge in [0.15, 0.2) is 23.9 Å². The molecule has 3 rings (SSSR count). The number of nitro benzene ring substituents is 1. The van der Waals surface area contributed by atoms with Crippen LogP contribution in [0.15, 0.2) is 50.4 Å². The first kappa shape index (κ1) is 24.7. The zero-order valence-corrected chi connectivity index (χ0v) is 19.8. The monoisotopic (exact) mass is 533 g/mol. The van der Waals surface area contributed by atoms with Crippen molar-refractivity contribution < 1.29 is 33.1 Å². The molecule has 2 aromatic carbocycles. The fraction of sp³-hybridized carbons (Fsp3) is 0.227. The molecule has 0 aliphatic carbocycles. The average molecular weight is 534 g/mol. The second kappa shape index (κ2) is 11.3. The summed E-state index contributed by atoms with van der Waals surface area (Å²) >= 11 is 3.38. The molecule has 1 aromatic heterocycles. The molecule has 0 unspecified atom stereocenters. The quantitative estimate of drug-likeness (QED) is 0.176. The number of carbonyl (C=O) groups is 2. The van der Waals surface area contributed by atoms with Crippen LogP contribution in [0.25, 0.3) is 11.0 Å². The van der Waals surface area contributed by atoms with E-state index < -0.39 is 16.8 Å². The number of carbonyl (C=O) groups excluding carboxylic acids is 2. The average Bonchev–Trinajstić information content (AvgIpc) is 3.22. The maximum Gasteiger partial charge on any atom is 0.344 e. The molecule has 0 radical (unpaired) electrons. The van der Waals surface area contributed by atoms with Gasteiger partial charge in [0.2, 0.25) is 0 Å².